The van der Waals surface area contributed by atoms with Crippen LogP contribution in [0, 0.1) is 0 Å². The number of nitrogens with one attached hydrogen (secondary N) is 1. The van der Waals surface area contributed by atoms with E-state index in [1.54, 1.807) is 0 Å². The number of hydrogen-bond donors (Lipinski definition) is 1. The van der Waals surface area contributed by atoms with Crippen molar-refractivity contribution in [2.75, 3.05) is 26.2 Å². The fourth-order valence-corrected chi connectivity index (χ4v) is 4.28. The van der Waals surface area contributed by atoms with Crippen LogP contribution in [0.25, 0.3) is 0 Å². The molecule has 0 aliphatic carbocycles. The second kappa shape index (κ2) is 6.54. The number of nitrogens with zero attached hydrogens (tertiary/aromatic N) is 1. The second-order valence-electron chi connectivity index (χ2n) is 7.23. The Labute approximate surface area is 148 Å². The maximum absolute atomic E-state index is 5.62. The summed E-state index contributed by atoms with van der Waals surface area (Å²) in [5.74, 6) is 0. The SMILES string of the molecule is c1cc2c(cc1C(c1ccc3c(c1)COC3)N1CCNCC1)COC2. The van der Waals surface area contributed by atoms with Gasteiger partial charge < -0.3 is 14.8 Å². The average Bonchev–Trinajstić information content (AvgIpc) is 3.31. The molecule has 3 aliphatic heterocycles. The molecule has 1 fully saturated rings. The minimum Gasteiger partial charge on any atom is -0.372 e. The predicted octanol–water partition coefficient (Wildman–Crippen LogP) is 2.74. The Morgan fingerprint density at radius 1 is 0.720 bits per heavy atom. The van der Waals surface area contributed by atoms with Gasteiger partial charge in [0.1, 0.15) is 0 Å². The molecule has 0 radical (unpaired) electrons. The Hall–Kier alpha value is -1.72. The third-order valence-electron chi connectivity index (χ3n) is 5.64. The first-order chi connectivity index (χ1) is 12.4. The van der Waals surface area contributed by atoms with Gasteiger partial charge in [0.2, 0.25) is 0 Å². The highest BCUT2D eigenvalue weighted by atomic mass is 16.5. The van der Waals surface area contributed by atoms with Gasteiger partial charge in [0.25, 0.3) is 0 Å². The number of ether oxygens (including phenoxy) is 2. The molecule has 25 heavy (non-hydrogen) atoms. The van der Waals surface area contributed by atoms with Crippen LogP contribution >= 0.6 is 0 Å². The van der Waals surface area contributed by atoms with Gasteiger partial charge in [0.05, 0.1) is 32.5 Å². The van der Waals surface area contributed by atoms with Crippen molar-refractivity contribution in [2.24, 2.45) is 0 Å². The van der Waals surface area contributed by atoms with Crippen molar-refractivity contribution in [1.82, 2.24) is 10.2 Å². The number of hydrogen-bond acceptors (Lipinski definition) is 4. The molecule has 4 nitrogen and oxygen atoms in total. The van der Waals surface area contributed by atoms with Crippen LogP contribution in [0.2, 0.25) is 0 Å². The number of fused-ring (bicyclic) bond motifs is 2. The summed E-state index contributed by atoms with van der Waals surface area (Å²) >= 11 is 0. The molecule has 0 aromatic heterocycles. The summed E-state index contributed by atoms with van der Waals surface area (Å²) in [5.41, 5.74) is 8.13. The molecule has 1 saturated heterocycles. The third kappa shape index (κ3) is 2.89. The summed E-state index contributed by atoms with van der Waals surface area (Å²) in [6.07, 6.45) is 0. The van der Waals surface area contributed by atoms with E-state index in [2.05, 4.69) is 46.6 Å². The van der Waals surface area contributed by atoms with E-state index in [0.717, 1.165) is 52.6 Å². The zero-order chi connectivity index (χ0) is 16.6. The van der Waals surface area contributed by atoms with Crippen molar-refractivity contribution in [2.45, 2.75) is 32.5 Å². The van der Waals surface area contributed by atoms with Gasteiger partial charge in [0, 0.05) is 26.2 Å². The molecule has 0 saturated carbocycles. The molecule has 5 rings (SSSR count). The molecule has 3 heterocycles. The number of benzene rings is 2. The van der Waals surface area contributed by atoms with E-state index in [9.17, 15) is 0 Å². The fraction of sp³-hybridized carbons (Fsp3) is 0.429. The van der Waals surface area contributed by atoms with Gasteiger partial charge in [0.15, 0.2) is 0 Å². The summed E-state index contributed by atoms with van der Waals surface area (Å²) < 4.78 is 11.2. The molecule has 0 unspecified atom stereocenters. The van der Waals surface area contributed by atoms with Crippen LogP contribution in [-0.2, 0) is 35.9 Å². The smallest absolute Gasteiger partial charge is 0.0725 e. The van der Waals surface area contributed by atoms with Crippen LogP contribution < -0.4 is 5.32 Å². The Morgan fingerprint density at radius 2 is 1.24 bits per heavy atom. The first kappa shape index (κ1) is 15.5. The first-order valence-corrected chi connectivity index (χ1v) is 9.22. The van der Waals surface area contributed by atoms with Crippen LogP contribution in [0.3, 0.4) is 0 Å². The monoisotopic (exact) mass is 336 g/mol. The van der Waals surface area contributed by atoms with Gasteiger partial charge in [-0.2, -0.15) is 0 Å². The molecule has 2 aromatic rings. The summed E-state index contributed by atoms with van der Waals surface area (Å²) in [5, 5.41) is 3.47. The van der Waals surface area contributed by atoms with Gasteiger partial charge in [-0.05, 0) is 33.4 Å². The van der Waals surface area contributed by atoms with Crippen molar-refractivity contribution < 1.29 is 9.47 Å². The maximum Gasteiger partial charge on any atom is 0.0725 e. The highest BCUT2D eigenvalue weighted by Gasteiger charge is 2.26. The Balaban J connectivity index is 1.56. The Morgan fingerprint density at radius 3 is 1.80 bits per heavy atom. The molecule has 1 N–H and O–H groups in total. The van der Waals surface area contributed by atoms with E-state index in [1.807, 2.05) is 0 Å². The lowest BCUT2D eigenvalue weighted by Crippen LogP contribution is -2.45. The molecule has 130 valence electrons. The van der Waals surface area contributed by atoms with Gasteiger partial charge >= 0.3 is 0 Å². The minimum absolute atomic E-state index is 0.305. The summed E-state index contributed by atoms with van der Waals surface area (Å²) in [6, 6.07) is 14.1. The molecular weight excluding hydrogens is 312 g/mol. The van der Waals surface area contributed by atoms with E-state index >= 15 is 0 Å². The van der Waals surface area contributed by atoms with Crippen molar-refractivity contribution >= 4 is 0 Å². The van der Waals surface area contributed by atoms with Crippen LogP contribution in [0.1, 0.15) is 39.4 Å². The third-order valence-corrected chi connectivity index (χ3v) is 5.64. The molecule has 0 amide bonds. The lowest BCUT2D eigenvalue weighted by Gasteiger charge is -2.36. The van der Waals surface area contributed by atoms with Crippen LogP contribution in [0.15, 0.2) is 36.4 Å². The van der Waals surface area contributed by atoms with Crippen LogP contribution in [0.4, 0.5) is 0 Å². The summed E-state index contributed by atoms with van der Waals surface area (Å²) in [6.45, 7) is 7.26. The first-order valence-electron chi connectivity index (χ1n) is 9.22. The molecular formula is C21H24N2O2. The van der Waals surface area contributed by atoms with Gasteiger partial charge in [-0.3, -0.25) is 4.90 Å². The molecule has 0 spiro atoms. The quantitative estimate of drug-likeness (QED) is 0.934. The largest absolute Gasteiger partial charge is 0.372 e. The highest BCUT2D eigenvalue weighted by molar-refractivity contribution is 5.42. The molecule has 3 aliphatic rings. The highest BCUT2D eigenvalue weighted by Crippen LogP contribution is 2.34. The van der Waals surface area contributed by atoms with Crippen molar-refractivity contribution in [3.63, 3.8) is 0 Å². The predicted molar refractivity (Wildman–Crippen MR) is 96.2 cm³/mol. The van der Waals surface area contributed by atoms with Crippen LogP contribution in [-0.4, -0.2) is 31.1 Å². The molecule has 4 heteroatoms. The van der Waals surface area contributed by atoms with E-state index in [0.29, 0.717) is 6.04 Å². The lowest BCUT2D eigenvalue weighted by molar-refractivity contribution is 0.134. The van der Waals surface area contributed by atoms with E-state index in [1.165, 1.54) is 33.4 Å². The van der Waals surface area contributed by atoms with Crippen LogP contribution in [0.5, 0.6) is 0 Å². The second-order valence-corrected chi connectivity index (χ2v) is 7.23. The summed E-state index contributed by atoms with van der Waals surface area (Å²) in [4.78, 5) is 2.60. The maximum atomic E-state index is 5.62. The van der Waals surface area contributed by atoms with E-state index in [-0.39, 0.29) is 0 Å². The van der Waals surface area contributed by atoms with Crippen molar-refractivity contribution in [3.05, 3.63) is 69.8 Å². The summed E-state index contributed by atoms with van der Waals surface area (Å²) in [7, 11) is 0. The van der Waals surface area contributed by atoms with Gasteiger partial charge in [-0.1, -0.05) is 36.4 Å². The lowest BCUT2D eigenvalue weighted by atomic mass is 9.92. The van der Waals surface area contributed by atoms with Crippen molar-refractivity contribution in [3.8, 4) is 0 Å². The molecule has 2 aromatic carbocycles. The molecule has 0 bridgehead atoms. The average molecular weight is 336 g/mol. The number of piperazine rings is 1. The zero-order valence-corrected chi connectivity index (χ0v) is 14.5. The van der Waals surface area contributed by atoms with E-state index in [4.69, 9.17) is 9.47 Å². The van der Waals surface area contributed by atoms with Crippen molar-refractivity contribution in [1.29, 1.82) is 0 Å². The van der Waals surface area contributed by atoms with Gasteiger partial charge in [-0.25, -0.2) is 0 Å². The number of rotatable bonds is 3. The van der Waals surface area contributed by atoms with Gasteiger partial charge in [-0.15, -0.1) is 0 Å². The standard InChI is InChI=1S/C21H24N2O2/c1-3-17-11-24-13-19(17)9-15(1)21(23-7-5-22-6-8-23)16-2-4-18-12-25-14-20(18)10-16/h1-4,9-10,21-22H,5-8,11-14H2. The minimum atomic E-state index is 0.305. The topological polar surface area (TPSA) is 33.7 Å². The fourth-order valence-electron chi connectivity index (χ4n) is 4.28. The normalized spacial score (nSPS) is 20.0. The Bertz CT molecular complexity index is 726. The molecule has 0 atom stereocenters. The van der Waals surface area contributed by atoms with E-state index < -0.39 is 0 Å². The zero-order valence-electron chi connectivity index (χ0n) is 14.5. The Kier molecular flexibility index (Phi) is 4.06.